The molecular weight excluding hydrogens is 225 g/mol. The molecule has 0 radical (unpaired) electrons. The Labute approximate surface area is 90.0 Å². The van der Waals surface area contributed by atoms with Crippen molar-refractivity contribution in [2.45, 2.75) is 31.0 Å². The van der Waals surface area contributed by atoms with Crippen LogP contribution in [0.5, 0.6) is 0 Å². The fourth-order valence-corrected chi connectivity index (χ4v) is 1.53. The topological polar surface area (TPSA) is 73.1 Å². The molecule has 1 saturated carbocycles. The molecule has 0 saturated heterocycles. The molecule has 1 rings (SSSR count). The number of nitrogens with one attached hydrogen (secondary N) is 1. The van der Waals surface area contributed by atoms with Gasteiger partial charge < -0.3 is 10.4 Å². The van der Waals surface area contributed by atoms with Crippen molar-refractivity contribution < 1.29 is 23.1 Å². The Balaban J connectivity index is 2.56. The Bertz CT molecular complexity index is 318. The highest BCUT2D eigenvalue weighted by atomic mass is 19.4. The molecule has 0 amide bonds. The largest absolute Gasteiger partial charge is 0.480 e. The molecule has 7 heteroatoms. The predicted octanol–water partition coefficient (Wildman–Crippen LogP) is 1.29. The van der Waals surface area contributed by atoms with E-state index in [-0.39, 0.29) is 0 Å². The fraction of sp³-hybridized carbons (Fsp3) is 0.778. The molecule has 4 nitrogen and oxygen atoms in total. The summed E-state index contributed by atoms with van der Waals surface area (Å²) < 4.78 is 36.6. The Kier molecular flexibility index (Phi) is 3.43. The van der Waals surface area contributed by atoms with E-state index in [1.807, 2.05) is 0 Å². The number of nitriles is 1. The molecule has 1 aliphatic carbocycles. The number of hydrogen-bond donors (Lipinski definition) is 2. The molecule has 0 aromatic heterocycles. The number of carboxylic acids is 1. The quantitative estimate of drug-likeness (QED) is 0.771. The normalized spacial score (nSPS) is 20.6. The van der Waals surface area contributed by atoms with E-state index in [2.05, 4.69) is 5.32 Å². The van der Waals surface area contributed by atoms with Crippen molar-refractivity contribution >= 4 is 5.97 Å². The number of halogens is 3. The zero-order chi connectivity index (χ0) is 12.4. The molecule has 1 fully saturated rings. The second-order valence-corrected chi connectivity index (χ2v) is 3.85. The van der Waals surface area contributed by atoms with Crippen molar-refractivity contribution in [3.05, 3.63) is 0 Å². The van der Waals surface area contributed by atoms with E-state index in [4.69, 9.17) is 10.4 Å². The molecule has 0 aromatic carbocycles. The summed E-state index contributed by atoms with van der Waals surface area (Å²) in [7, 11) is 0. The average molecular weight is 236 g/mol. The summed E-state index contributed by atoms with van der Waals surface area (Å²) in [5.74, 6) is -3.32. The van der Waals surface area contributed by atoms with E-state index in [0.717, 1.165) is 6.07 Å². The van der Waals surface area contributed by atoms with Gasteiger partial charge in [0, 0.05) is 6.54 Å². The number of alkyl halides is 3. The number of carboxylic acid groups (broad SMARTS) is 1. The minimum atomic E-state index is -4.62. The molecule has 2 N–H and O–H groups in total. The lowest BCUT2D eigenvalue weighted by Crippen LogP contribution is -2.58. The maximum Gasteiger partial charge on any atom is 0.405 e. The van der Waals surface area contributed by atoms with E-state index in [1.54, 1.807) is 0 Å². The van der Waals surface area contributed by atoms with Crippen LogP contribution in [0.25, 0.3) is 0 Å². The van der Waals surface area contributed by atoms with Gasteiger partial charge in [0.25, 0.3) is 0 Å². The summed E-state index contributed by atoms with van der Waals surface area (Å²) in [4.78, 5) is 10.8. The molecule has 0 spiro atoms. The van der Waals surface area contributed by atoms with Crippen molar-refractivity contribution in [1.29, 1.82) is 5.26 Å². The van der Waals surface area contributed by atoms with Gasteiger partial charge >= 0.3 is 12.1 Å². The van der Waals surface area contributed by atoms with Crippen LogP contribution in [0.2, 0.25) is 0 Å². The number of hydrogen-bond acceptors (Lipinski definition) is 3. The number of aliphatic carboxylic acids is 1. The lowest BCUT2D eigenvalue weighted by atomic mass is 9.76. The Morgan fingerprint density at radius 3 is 2.38 bits per heavy atom. The van der Waals surface area contributed by atoms with Crippen LogP contribution in [0, 0.1) is 17.2 Å². The van der Waals surface area contributed by atoms with E-state index < -0.39 is 30.1 Å². The van der Waals surface area contributed by atoms with Gasteiger partial charge in [-0.2, -0.15) is 18.4 Å². The van der Waals surface area contributed by atoms with Crippen LogP contribution in [0.3, 0.4) is 0 Å². The van der Waals surface area contributed by atoms with Gasteiger partial charge in [-0.3, -0.25) is 4.79 Å². The Hall–Kier alpha value is -1.29. The van der Waals surface area contributed by atoms with Gasteiger partial charge in [0.1, 0.15) is 5.54 Å². The fourth-order valence-electron chi connectivity index (χ4n) is 1.53. The summed E-state index contributed by atoms with van der Waals surface area (Å²) in [5.41, 5.74) is -1.26. The van der Waals surface area contributed by atoms with Gasteiger partial charge in [-0.1, -0.05) is 0 Å². The van der Waals surface area contributed by atoms with Gasteiger partial charge in [0.15, 0.2) is 5.92 Å². The average Bonchev–Trinajstić information content (AvgIpc) is 2.06. The van der Waals surface area contributed by atoms with Crippen molar-refractivity contribution in [1.82, 2.24) is 5.32 Å². The molecule has 1 unspecified atom stereocenters. The van der Waals surface area contributed by atoms with Crippen LogP contribution < -0.4 is 5.32 Å². The van der Waals surface area contributed by atoms with Gasteiger partial charge in [-0.05, 0) is 19.3 Å². The van der Waals surface area contributed by atoms with E-state index in [0.29, 0.717) is 19.3 Å². The first-order chi connectivity index (χ1) is 7.32. The predicted molar refractivity (Wildman–Crippen MR) is 47.4 cm³/mol. The molecule has 1 atom stereocenters. The summed E-state index contributed by atoms with van der Waals surface area (Å²) in [6, 6.07) is 1.12. The Morgan fingerprint density at radius 2 is 2.12 bits per heavy atom. The minimum Gasteiger partial charge on any atom is -0.480 e. The Morgan fingerprint density at radius 1 is 1.56 bits per heavy atom. The maximum absolute atomic E-state index is 12.2. The van der Waals surface area contributed by atoms with Crippen LogP contribution in [0.15, 0.2) is 0 Å². The van der Waals surface area contributed by atoms with Crippen molar-refractivity contribution in [2.75, 3.05) is 6.54 Å². The second-order valence-electron chi connectivity index (χ2n) is 3.85. The molecule has 0 aromatic rings. The molecule has 16 heavy (non-hydrogen) atoms. The summed E-state index contributed by atoms with van der Waals surface area (Å²) in [6.07, 6.45) is -3.34. The van der Waals surface area contributed by atoms with E-state index in [9.17, 15) is 18.0 Å². The van der Waals surface area contributed by atoms with Crippen LogP contribution in [0.1, 0.15) is 19.3 Å². The van der Waals surface area contributed by atoms with Crippen LogP contribution in [-0.2, 0) is 4.79 Å². The standard InChI is InChI=1S/C9H11F3N2O2/c10-9(11,12)6(4-13)5-14-8(7(15)16)2-1-3-8/h6,14H,1-3,5H2,(H,15,16). The second kappa shape index (κ2) is 4.29. The van der Waals surface area contributed by atoms with Crippen LogP contribution >= 0.6 is 0 Å². The number of nitrogens with zero attached hydrogens (tertiary/aromatic N) is 1. The third-order valence-electron chi connectivity index (χ3n) is 2.81. The third kappa shape index (κ3) is 2.44. The highest BCUT2D eigenvalue weighted by Crippen LogP contribution is 2.33. The first-order valence-corrected chi connectivity index (χ1v) is 4.76. The highest BCUT2D eigenvalue weighted by Gasteiger charge is 2.47. The summed E-state index contributed by atoms with van der Waals surface area (Å²) in [6.45, 7) is -0.674. The smallest absolute Gasteiger partial charge is 0.405 e. The lowest BCUT2D eigenvalue weighted by Gasteiger charge is -2.39. The first kappa shape index (κ1) is 12.8. The van der Waals surface area contributed by atoms with E-state index in [1.165, 1.54) is 0 Å². The van der Waals surface area contributed by atoms with Crippen molar-refractivity contribution in [3.8, 4) is 6.07 Å². The van der Waals surface area contributed by atoms with Gasteiger partial charge in [-0.25, -0.2) is 0 Å². The van der Waals surface area contributed by atoms with Crippen molar-refractivity contribution in [2.24, 2.45) is 5.92 Å². The zero-order valence-electron chi connectivity index (χ0n) is 8.34. The zero-order valence-corrected chi connectivity index (χ0v) is 8.34. The lowest BCUT2D eigenvalue weighted by molar-refractivity contribution is -0.163. The molecular formula is C9H11F3N2O2. The third-order valence-corrected chi connectivity index (χ3v) is 2.81. The number of rotatable bonds is 4. The molecule has 0 bridgehead atoms. The van der Waals surface area contributed by atoms with E-state index >= 15 is 0 Å². The van der Waals surface area contributed by atoms with Crippen molar-refractivity contribution in [3.63, 3.8) is 0 Å². The maximum atomic E-state index is 12.2. The number of carbonyl (C=O) groups is 1. The van der Waals surface area contributed by atoms with Gasteiger partial charge in [0.05, 0.1) is 6.07 Å². The SMILES string of the molecule is N#CC(CNC1(C(=O)O)CCC1)C(F)(F)F. The van der Waals surface area contributed by atoms with Crippen LogP contribution in [0.4, 0.5) is 13.2 Å². The minimum absolute atomic E-state index is 0.304. The van der Waals surface area contributed by atoms with Gasteiger partial charge in [0.2, 0.25) is 0 Å². The summed E-state index contributed by atoms with van der Waals surface area (Å²) in [5, 5.41) is 19.5. The molecule has 90 valence electrons. The monoisotopic (exact) mass is 236 g/mol. The summed E-state index contributed by atoms with van der Waals surface area (Å²) >= 11 is 0. The molecule has 0 aliphatic heterocycles. The van der Waals surface area contributed by atoms with Crippen LogP contribution in [-0.4, -0.2) is 29.3 Å². The molecule has 0 heterocycles. The molecule has 1 aliphatic rings. The first-order valence-electron chi connectivity index (χ1n) is 4.76. The highest BCUT2D eigenvalue weighted by molar-refractivity contribution is 5.79. The van der Waals surface area contributed by atoms with Gasteiger partial charge in [-0.15, -0.1) is 0 Å².